The first-order chi connectivity index (χ1) is 17.7. The quantitative estimate of drug-likeness (QED) is 0.407. The number of ketones is 1. The highest BCUT2D eigenvalue weighted by Crippen LogP contribution is 2.48. The highest BCUT2D eigenvalue weighted by atomic mass is 35.5. The third kappa shape index (κ3) is 4.69. The summed E-state index contributed by atoms with van der Waals surface area (Å²) in [5.41, 5.74) is 2.24. The minimum Gasteiger partial charge on any atom is -0.497 e. The molecule has 2 atom stereocenters. The van der Waals surface area contributed by atoms with Gasteiger partial charge >= 0.3 is 12.1 Å². The fraction of sp³-hybridized carbons (Fsp3) is 0.214. The molecule has 37 heavy (non-hydrogen) atoms. The number of Topliss-reactive ketones (excluding diaryl/α,β-unsaturated/α-hetero) is 1. The number of nitrogens with zero attached hydrogens (tertiary/aromatic N) is 1. The van der Waals surface area contributed by atoms with E-state index in [2.05, 4.69) is 5.32 Å². The van der Waals surface area contributed by atoms with Crippen LogP contribution in [0.25, 0.3) is 0 Å². The zero-order valence-corrected chi connectivity index (χ0v) is 20.4. The van der Waals surface area contributed by atoms with Crippen LogP contribution < -0.4 is 15.0 Å². The van der Waals surface area contributed by atoms with E-state index < -0.39 is 18.1 Å². The second-order valence-electron chi connectivity index (χ2n) is 8.96. The van der Waals surface area contributed by atoms with Crippen molar-refractivity contribution in [3.05, 3.63) is 100 Å². The number of benzene rings is 3. The number of anilines is 2. The molecule has 0 bridgehead atoms. The predicted octanol–water partition coefficient (Wildman–Crippen LogP) is 6.81. The van der Waals surface area contributed by atoms with E-state index in [1.807, 2.05) is 12.1 Å². The molecule has 0 unspecified atom stereocenters. The van der Waals surface area contributed by atoms with Gasteiger partial charge in [0.25, 0.3) is 0 Å². The average molecular weight is 527 g/mol. The second kappa shape index (κ2) is 9.59. The lowest BCUT2D eigenvalue weighted by molar-refractivity contribution is -0.170. The number of alkyl halides is 3. The summed E-state index contributed by atoms with van der Waals surface area (Å²) < 4.78 is 47.1. The summed E-state index contributed by atoms with van der Waals surface area (Å²) in [4.78, 5) is 27.4. The van der Waals surface area contributed by atoms with Gasteiger partial charge in [-0.25, -0.2) is 0 Å². The normalized spacial score (nSPS) is 19.5. The molecular weight excluding hydrogens is 505 g/mol. The molecule has 3 aromatic rings. The van der Waals surface area contributed by atoms with Crippen LogP contribution in [0.15, 0.2) is 84.1 Å². The van der Waals surface area contributed by atoms with Crippen molar-refractivity contribution in [3.63, 3.8) is 0 Å². The van der Waals surface area contributed by atoms with Gasteiger partial charge in [-0.1, -0.05) is 48.0 Å². The van der Waals surface area contributed by atoms with Gasteiger partial charge in [0.05, 0.1) is 24.5 Å². The summed E-state index contributed by atoms with van der Waals surface area (Å²) in [6.07, 6.45) is -4.70. The fourth-order valence-electron chi connectivity index (χ4n) is 5.02. The van der Waals surface area contributed by atoms with E-state index in [1.54, 1.807) is 54.6 Å². The number of carbonyl (C=O) groups excluding carboxylic acids is 2. The fourth-order valence-corrected chi connectivity index (χ4v) is 5.15. The maximum atomic E-state index is 14.0. The molecule has 2 aliphatic rings. The van der Waals surface area contributed by atoms with E-state index in [1.165, 1.54) is 13.2 Å². The number of para-hydroxylation sites is 2. The minimum atomic E-state index is -5.16. The van der Waals surface area contributed by atoms with Crippen molar-refractivity contribution in [2.45, 2.75) is 31.0 Å². The van der Waals surface area contributed by atoms with Crippen LogP contribution in [0, 0.1) is 0 Å². The molecule has 3 aromatic carbocycles. The number of hydrogen-bond donors (Lipinski definition) is 1. The molecule has 9 heteroatoms. The number of ether oxygens (including phenoxy) is 1. The van der Waals surface area contributed by atoms with Crippen molar-refractivity contribution in [1.29, 1.82) is 0 Å². The summed E-state index contributed by atoms with van der Waals surface area (Å²) in [6, 6.07) is 18.5. The summed E-state index contributed by atoms with van der Waals surface area (Å²) in [6.45, 7) is 0. The maximum Gasteiger partial charge on any atom is 0.471 e. The minimum absolute atomic E-state index is 0.0379. The topological polar surface area (TPSA) is 58.6 Å². The van der Waals surface area contributed by atoms with E-state index in [-0.39, 0.29) is 29.4 Å². The zero-order valence-electron chi connectivity index (χ0n) is 19.7. The Kier molecular flexibility index (Phi) is 6.45. The van der Waals surface area contributed by atoms with E-state index in [0.29, 0.717) is 39.0 Å². The molecule has 5 rings (SSSR count). The smallest absolute Gasteiger partial charge is 0.471 e. The summed E-state index contributed by atoms with van der Waals surface area (Å²) in [7, 11) is 1.47. The lowest BCUT2D eigenvalue weighted by atomic mass is 9.78. The number of methoxy groups -OCH3 is 1. The Hall–Kier alpha value is -3.78. The van der Waals surface area contributed by atoms with E-state index in [4.69, 9.17) is 16.3 Å². The maximum absolute atomic E-state index is 14.0. The Labute approximate surface area is 216 Å². The van der Waals surface area contributed by atoms with E-state index >= 15 is 0 Å². The van der Waals surface area contributed by atoms with Gasteiger partial charge in [0.15, 0.2) is 5.78 Å². The van der Waals surface area contributed by atoms with Crippen LogP contribution in [0.5, 0.6) is 5.75 Å². The standard InChI is InChI=1S/C28H22ClF3N2O3/c1-37-20-12-8-17(9-13-20)26-25-22(14-18(15-24(25)35)16-6-10-19(29)11-7-16)33-21-4-2-3-5-23(21)34(26)27(36)28(30,31)32/h2-13,18,26,33H,14-15H2,1H3/t18-,26+/m0/s1. The van der Waals surface area contributed by atoms with Crippen LogP contribution in [0.2, 0.25) is 5.02 Å². The zero-order chi connectivity index (χ0) is 26.3. The predicted molar refractivity (Wildman–Crippen MR) is 135 cm³/mol. The molecule has 0 saturated carbocycles. The van der Waals surface area contributed by atoms with Crippen LogP contribution in [-0.4, -0.2) is 25.0 Å². The van der Waals surface area contributed by atoms with Gasteiger partial charge in [-0.15, -0.1) is 0 Å². The second-order valence-corrected chi connectivity index (χ2v) is 9.40. The molecule has 190 valence electrons. The van der Waals surface area contributed by atoms with Gasteiger partial charge in [-0.05, 0) is 59.9 Å². The summed E-state index contributed by atoms with van der Waals surface area (Å²) in [5, 5.41) is 3.77. The highest BCUT2D eigenvalue weighted by Gasteiger charge is 2.49. The first-order valence-electron chi connectivity index (χ1n) is 11.6. The summed E-state index contributed by atoms with van der Waals surface area (Å²) in [5.74, 6) is -2.09. The summed E-state index contributed by atoms with van der Waals surface area (Å²) >= 11 is 6.03. The number of fused-ring (bicyclic) bond motifs is 1. The largest absolute Gasteiger partial charge is 0.497 e. The van der Waals surface area contributed by atoms with Gasteiger partial charge in [-0.3, -0.25) is 14.5 Å². The van der Waals surface area contributed by atoms with Crippen LogP contribution in [0.4, 0.5) is 24.5 Å². The van der Waals surface area contributed by atoms with Crippen LogP contribution in [0.3, 0.4) is 0 Å². The van der Waals surface area contributed by atoms with Crippen molar-refractivity contribution < 1.29 is 27.5 Å². The monoisotopic (exact) mass is 526 g/mol. The van der Waals surface area contributed by atoms with Gasteiger partial charge in [-0.2, -0.15) is 13.2 Å². The molecule has 5 nitrogen and oxygen atoms in total. The Morgan fingerprint density at radius 3 is 2.27 bits per heavy atom. The molecule has 1 aliphatic heterocycles. The van der Waals surface area contributed by atoms with Gasteiger partial charge in [0.1, 0.15) is 5.75 Å². The Morgan fingerprint density at radius 2 is 1.62 bits per heavy atom. The third-order valence-corrected chi connectivity index (χ3v) is 6.97. The molecular formula is C28H22ClF3N2O3. The van der Waals surface area contributed by atoms with Gasteiger partial charge in [0, 0.05) is 22.7 Å². The molecule has 0 radical (unpaired) electrons. The first-order valence-corrected chi connectivity index (χ1v) is 12.0. The molecule has 0 fully saturated rings. The number of carbonyl (C=O) groups is 2. The number of hydrogen-bond acceptors (Lipinski definition) is 4. The highest BCUT2D eigenvalue weighted by molar-refractivity contribution is 6.30. The van der Waals surface area contributed by atoms with Crippen LogP contribution >= 0.6 is 11.6 Å². The van der Waals surface area contributed by atoms with Crippen LogP contribution in [0.1, 0.15) is 35.9 Å². The lowest BCUT2D eigenvalue weighted by Gasteiger charge is -2.35. The van der Waals surface area contributed by atoms with Gasteiger partial charge < -0.3 is 10.1 Å². The SMILES string of the molecule is COc1ccc([C@@H]2C3=C(C[C@H](c4ccc(Cl)cc4)CC3=O)Nc3ccccc3N2C(=O)C(F)(F)F)cc1. The molecule has 1 aliphatic carbocycles. The number of amides is 1. The molecule has 0 saturated heterocycles. The van der Waals surface area contributed by atoms with E-state index in [0.717, 1.165) is 5.56 Å². The number of rotatable bonds is 3. The number of halogens is 4. The Bertz CT molecular complexity index is 1390. The average Bonchev–Trinajstić information content (AvgIpc) is 3.02. The number of nitrogens with one attached hydrogen (secondary N) is 1. The van der Waals surface area contributed by atoms with Crippen molar-refractivity contribution in [3.8, 4) is 5.75 Å². The number of allylic oxidation sites excluding steroid dienone is 1. The molecule has 1 N–H and O–H groups in total. The van der Waals surface area contributed by atoms with Crippen molar-refractivity contribution >= 4 is 34.7 Å². The van der Waals surface area contributed by atoms with Crippen molar-refractivity contribution in [2.24, 2.45) is 0 Å². The van der Waals surface area contributed by atoms with Crippen LogP contribution in [-0.2, 0) is 9.59 Å². The molecule has 0 spiro atoms. The molecule has 1 amide bonds. The lowest BCUT2D eigenvalue weighted by Crippen LogP contribution is -2.45. The Morgan fingerprint density at radius 1 is 0.973 bits per heavy atom. The van der Waals surface area contributed by atoms with Crippen molar-refractivity contribution in [1.82, 2.24) is 0 Å². The molecule has 1 heterocycles. The van der Waals surface area contributed by atoms with Crippen molar-refractivity contribution in [2.75, 3.05) is 17.3 Å². The van der Waals surface area contributed by atoms with E-state index in [9.17, 15) is 22.8 Å². The molecule has 0 aromatic heterocycles. The third-order valence-electron chi connectivity index (χ3n) is 6.72. The van der Waals surface area contributed by atoms with Gasteiger partial charge in [0.2, 0.25) is 0 Å². The first kappa shape index (κ1) is 24.9. The Balaban J connectivity index is 1.71.